The molecule has 0 aliphatic carbocycles. The van der Waals surface area contributed by atoms with Crippen molar-refractivity contribution in [3.63, 3.8) is 0 Å². The van der Waals surface area contributed by atoms with Gasteiger partial charge in [-0.15, -0.1) is 0 Å². The third-order valence-electron chi connectivity index (χ3n) is 3.47. The van der Waals surface area contributed by atoms with Gasteiger partial charge in [0.2, 0.25) is 5.91 Å². The van der Waals surface area contributed by atoms with E-state index in [9.17, 15) is 4.79 Å². The van der Waals surface area contributed by atoms with Crippen LogP contribution in [0.2, 0.25) is 0 Å². The first-order valence-electron chi connectivity index (χ1n) is 6.30. The number of hydrogen-bond donors (Lipinski definition) is 1. The van der Waals surface area contributed by atoms with Gasteiger partial charge in [-0.05, 0) is 24.0 Å². The van der Waals surface area contributed by atoms with Gasteiger partial charge in [0.05, 0.1) is 6.61 Å². The first-order chi connectivity index (χ1) is 8.65. The molecule has 0 bridgehead atoms. The number of rotatable bonds is 3. The lowest BCUT2D eigenvalue weighted by molar-refractivity contribution is -0.121. The van der Waals surface area contributed by atoms with Crippen molar-refractivity contribution in [1.29, 1.82) is 0 Å². The zero-order valence-electron chi connectivity index (χ0n) is 10.9. The van der Waals surface area contributed by atoms with Crippen molar-refractivity contribution in [2.45, 2.75) is 25.3 Å². The molecule has 1 aromatic rings. The minimum atomic E-state index is -0.587. The van der Waals surface area contributed by atoms with Crippen LogP contribution in [0.25, 0.3) is 0 Å². The quantitative estimate of drug-likeness (QED) is 0.882. The van der Waals surface area contributed by atoms with E-state index in [0.717, 1.165) is 18.7 Å². The van der Waals surface area contributed by atoms with E-state index in [1.807, 2.05) is 18.2 Å². The van der Waals surface area contributed by atoms with Crippen LogP contribution in [0.5, 0.6) is 0 Å². The second kappa shape index (κ2) is 5.50. The number of benzene rings is 1. The molecule has 2 rings (SSSR count). The first-order valence-corrected chi connectivity index (χ1v) is 6.30. The average Bonchev–Trinajstić information content (AvgIpc) is 2.39. The van der Waals surface area contributed by atoms with E-state index in [1.54, 1.807) is 12.0 Å². The van der Waals surface area contributed by atoms with Gasteiger partial charge in [0.15, 0.2) is 0 Å². The van der Waals surface area contributed by atoms with E-state index in [2.05, 4.69) is 13.0 Å². The predicted molar refractivity (Wildman–Crippen MR) is 71.7 cm³/mol. The third-order valence-corrected chi connectivity index (χ3v) is 3.47. The maximum absolute atomic E-state index is 12.3. The average molecular weight is 248 g/mol. The fraction of sp³-hybridized carbons (Fsp3) is 0.500. The van der Waals surface area contributed by atoms with Crippen molar-refractivity contribution in [2.24, 2.45) is 5.73 Å². The molecule has 1 aliphatic heterocycles. The van der Waals surface area contributed by atoms with Crippen molar-refractivity contribution < 1.29 is 9.53 Å². The van der Waals surface area contributed by atoms with Gasteiger partial charge in [0.1, 0.15) is 6.04 Å². The Bertz CT molecular complexity index is 434. The summed E-state index contributed by atoms with van der Waals surface area (Å²) in [4.78, 5) is 14.1. The lowest BCUT2D eigenvalue weighted by Crippen LogP contribution is -2.48. The largest absolute Gasteiger partial charge is 0.383 e. The Balaban J connectivity index is 2.26. The molecule has 0 saturated heterocycles. The number of para-hydroxylation sites is 1. The highest BCUT2D eigenvalue weighted by atomic mass is 16.5. The van der Waals surface area contributed by atoms with Crippen LogP contribution in [0.15, 0.2) is 24.3 Å². The van der Waals surface area contributed by atoms with E-state index < -0.39 is 6.04 Å². The topological polar surface area (TPSA) is 55.6 Å². The van der Waals surface area contributed by atoms with Gasteiger partial charge in [-0.3, -0.25) is 4.79 Å². The van der Waals surface area contributed by atoms with Crippen LogP contribution in [0.1, 0.15) is 24.8 Å². The van der Waals surface area contributed by atoms with Crippen molar-refractivity contribution in [3.8, 4) is 0 Å². The molecule has 4 nitrogen and oxygen atoms in total. The van der Waals surface area contributed by atoms with Crippen LogP contribution in [0, 0.1) is 0 Å². The molecule has 98 valence electrons. The molecule has 0 saturated carbocycles. The molecule has 0 spiro atoms. The summed E-state index contributed by atoms with van der Waals surface area (Å²) in [6.45, 7) is 3.18. The summed E-state index contributed by atoms with van der Waals surface area (Å²) in [5.74, 6) is 0.431. The van der Waals surface area contributed by atoms with E-state index >= 15 is 0 Å². The molecular formula is C14H20N2O2. The number of fused-ring (bicyclic) bond motifs is 1. The third kappa shape index (κ3) is 2.40. The molecule has 0 fully saturated rings. The summed E-state index contributed by atoms with van der Waals surface area (Å²) in [5.41, 5.74) is 8.05. The zero-order chi connectivity index (χ0) is 13.1. The van der Waals surface area contributed by atoms with Gasteiger partial charge < -0.3 is 15.4 Å². The Morgan fingerprint density at radius 2 is 2.28 bits per heavy atom. The van der Waals surface area contributed by atoms with Gasteiger partial charge in [-0.2, -0.15) is 0 Å². The minimum Gasteiger partial charge on any atom is -0.383 e. The normalized spacial score (nSPS) is 20.4. The SMILES string of the molecule is COCC(N)C(=O)N1CCC(C)c2ccccc21. The lowest BCUT2D eigenvalue weighted by Gasteiger charge is -2.34. The first kappa shape index (κ1) is 13.1. The van der Waals surface area contributed by atoms with Crippen LogP contribution < -0.4 is 10.6 Å². The Morgan fingerprint density at radius 3 is 3.00 bits per heavy atom. The minimum absolute atomic E-state index is 0.0591. The van der Waals surface area contributed by atoms with E-state index in [-0.39, 0.29) is 12.5 Å². The van der Waals surface area contributed by atoms with Crippen molar-refractivity contribution >= 4 is 11.6 Å². The van der Waals surface area contributed by atoms with Gasteiger partial charge in [0.25, 0.3) is 0 Å². The van der Waals surface area contributed by atoms with Crippen molar-refractivity contribution in [1.82, 2.24) is 0 Å². The number of hydrogen-bond acceptors (Lipinski definition) is 3. The van der Waals surface area contributed by atoms with Crippen LogP contribution in [-0.2, 0) is 9.53 Å². The Morgan fingerprint density at radius 1 is 1.56 bits per heavy atom. The highest BCUT2D eigenvalue weighted by Gasteiger charge is 2.28. The smallest absolute Gasteiger partial charge is 0.246 e. The van der Waals surface area contributed by atoms with E-state index in [1.165, 1.54) is 5.56 Å². The number of carbonyl (C=O) groups is 1. The number of ether oxygens (including phenoxy) is 1. The fourth-order valence-electron chi connectivity index (χ4n) is 2.43. The van der Waals surface area contributed by atoms with Gasteiger partial charge in [0, 0.05) is 19.3 Å². The molecule has 0 aromatic heterocycles. The second-order valence-electron chi connectivity index (χ2n) is 4.80. The maximum atomic E-state index is 12.3. The Kier molecular flexibility index (Phi) is 3.99. The van der Waals surface area contributed by atoms with Gasteiger partial charge >= 0.3 is 0 Å². The summed E-state index contributed by atoms with van der Waals surface area (Å²) in [7, 11) is 1.55. The molecular weight excluding hydrogens is 228 g/mol. The Hall–Kier alpha value is -1.39. The number of methoxy groups -OCH3 is 1. The molecule has 4 heteroatoms. The summed E-state index contributed by atoms with van der Waals surface area (Å²) < 4.78 is 4.95. The number of nitrogens with zero attached hydrogens (tertiary/aromatic N) is 1. The van der Waals surface area contributed by atoms with E-state index in [0.29, 0.717) is 5.92 Å². The zero-order valence-corrected chi connectivity index (χ0v) is 10.9. The van der Waals surface area contributed by atoms with Crippen LogP contribution in [-0.4, -0.2) is 32.2 Å². The molecule has 0 radical (unpaired) electrons. The van der Waals surface area contributed by atoms with Gasteiger partial charge in [-0.25, -0.2) is 0 Å². The van der Waals surface area contributed by atoms with Crippen molar-refractivity contribution in [3.05, 3.63) is 29.8 Å². The molecule has 2 N–H and O–H groups in total. The number of carbonyl (C=O) groups excluding carboxylic acids is 1. The Labute approximate surface area is 108 Å². The summed E-state index contributed by atoms with van der Waals surface area (Å²) in [6, 6.07) is 7.46. The molecule has 1 aliphatic rings. The van der Waals surface area contributed by atoms with Crippen LogP contribution >= 0.6 is 0 Å². The molecule has 18 heavy (non-hydrogen) atoms. The molecule has 2 unspecified atom stereocenters. The predicted octanol–water partition coefficient (Wildman–Crippen LogP) is 1.50. The molecule has 1 heterocycles. The maximum Gasteiger partial charge on any atom is 0.246 e. The van der Waals surface area contributed by atoms with Gasteiger partial charge in [-0.1, -0.05) is 25.1 Å². The summed E-state index contributed by atoms with van der Waals surface area (Å²) >= 11 is 0. The van der Waals surface area contributed by atoms with E-state index in [4.69, 9.17) is 10.5 Å². The molecule has 2 atom stereocenters. The number of amides is 1. The standard InChI is InChI=1S/C14H20N2O2/c1-10-7-8-16(14(17)12(15)9-18-2)13-6-4-3-5-11(10)13/h3-6,10,12H,7-9,15H2,1-2H3. The van der Waals surface area contributed by atoms with Crippen LogP contribution in [0.3, 0.4) is 0 Å². The summed E-state index contributed by atoms with van der Waals surface area (Å²) in [5, 5.41) is 0. The highest BCUT2D eigenvalue weighted by Crippen LogP contribution is 2.34. The monoisotopic (exact) mass is 248 g/mol. The lowest BCUT2D eigenvalue weighted by atomic mass is 9.91. The molecule has 1 aromatic carbocycles. The molecule has 1 amide bonds. The summed E-state index contributed by atoms with van der Waals surface area (Å²) in [6.07, 6.45) is 0.975. The van der Waals surface area contributed by atoms with Crippen molar-refractivity contribution in [2.75, 3.05) is 25.2 Å². The highest BCUT2D eigenvalue weighted by molar-refractivity contribution is 5.98. The van der Waals surface area contributed by atoms with Crippen LogP contribution in [0.4, 0.5) is 5.69 Å². The number of nitrogens with two attached hydrogens (primary N) is 1. The second-order valence-corrected chi connectivity index (χ2v) is 4.80. The fourth-order valence-corrected chi connectivity index (χ4v) is 2.43. The number of anilines is 1.